The van der Waals surface area contributed by atoms with Crippen LogP contribution in [0.4, 0.5) is 0 Å². The topological polar surface area (TPSA) is 20.5 Å². The number of imidazole rings is 1. The Morgan fingerprint density at radius 3 is 2.80 bits per heavy atom. The Balaban J connectivity index is 1.72. The maximum atomic E-state index is 6.17. The molecule has 2 heterocycles. The van der Waals surface area contributed by atoms with E-state index < -0.39 is 0 Å². The Kier molecular flexibility index (Phi) is 4.20. The average Bonchev–Trinajstić information content (AvgIpc) is 2.98. The molecular formula is C15H19Cl2N3. The zero-order valence-electron chi connectivity index (χ0n) is 11.6. The van der Waals surface area contributed by atoms with Crippen molar-refractivity contribution in [2.45, 2.75) is 32.2 Å². The molecule has 0 atom stereocenters. The largest absolute Gasteiger partial charge is 0.304 e. The Morgan fingerprint density at radius 2 is 2.05 bits per heavy atom. The summed E-state index contributed by atoms with van der Waals surface area (Å²) < 4.78 is 1.91. The van der Waals surface area contributed by atoms with Crippen molar-refractivity contribution in [1.82, 2.24) is 14.3 Å². The molecule has 0 aliphatic heterocycles. The molecule has 108 valence electrons. The minimum atomic E-state index is 0.599. The van der Waals surface area contributed by atoms with Crippen molar-refractivity contribution >= 4 is 28.8 Å². The van der Waals surface area contributed by atoms with E-state index in [0.29, 0.717) is 10.0 Å². The summed E-state index contributed by atoms with van der Waals surface area (Å²) in [6, 6.07) is 1.73. The number of hydrogen-bond donors (Lipinski definition) is 0. The molecular weight excluding hydrogens is 293 g/mol. The summed E-state index contributed by atoms with van der Waals surface area (Å²) in [5.41, 5.74) is 1.81. The van der Waals surface area contributed by atoms with Gasteiger partial charge >= 0.3 is 0 Å². The molecule has 1 aliphatic rings. The molecule has 1 aliphatic carbocycles. The van der Waals surface area contributed by atoms with Crippen LogP contribution in [-0.2, 0) is 6.54 Å². The van der Waals surface area contributed by atoms with E-state index in [1.165, 1.54) is 25.7 Å². The van der Waals surface area contributed by atoms with Crippen LogP contribution in [0.15, 0.2) is 18.5 Å². The fraction of sp³-hybridized carbons (Fsp3) is 0.533. The van der Waals surface area contributed by atoms with Crippen LogP contribution in [0.2, 0.25) is 10.0 Å². The summed E-state index contributed by atoms with van der Waals surface area (Å²) in [7, 11) is 2.16. The third kappa shape index (κ3) is 3.11. The van der Waals surface area contributed by atoms with Crippen molar-refractivity contribution in [1.29, 1.82) is 0 Å². The van der Waals surface area contributed by atoms with Gasteiger partial charge in [-0.2, -0.15) is 0 Å². The molecule has 0 aromatic carbocycles. The molecule has 0 unspecified atom stereocenters. The molecule has 5 heteroatoms. The highest BCUT2D eigenvalue weighted by atomic mass is 35.5. The van der Waals surface area contributed by atoms with Crippen LogP contribution < -0.4 is 0 Å². The number of halogens is 2. The highest BCUT2D eigenvalue weighted by Crippen LogP contribution is 2.26. The molecule has 1 fully saturated rings. The Hall–Kier alpha value is -0.770. The van der Waals surface area contributed by atoms with Gasteiger partial charge in [-0.3, -0.25) is 0 Å². The molecule has 2 aromatic heterocycles. The lowest BCUT2D eigenvalue weighted by Gasteiger charge is -2.19. The van der Waals surface area contributed by atoms with E-state index in [4.69, 9.17) is 23.2 Å². The van der Waals surface area contributed by atoms with Crippen molar-refractivity contribution in [2.24, 2.45) is 5.92 Å². The van der Waals surface area contributed by atoms with E-state index in [0.717, 1.165) is 30.3 Å². The molecule has 20 heavy (non-hydrogen) atoms. The highest BCUT2D eigenvalue weighted by molar-refractivity contribution is 6.36. The first-order valence-corrected chi connectivity index (χ1v) is 7.88. The lowest BCUT2D eigenvalue weighted by Crippen LogP contribution is -2.24. The average molecular weight is 312 g/mol. The Labute approximate surface area is 129 Å². The molecule has 1 saturated carbocycles. The first-order valence-electron chi connectivity index (χ1n) is 7.13. The summed E-state index contributed by atoms with van der Waals surface area (Å²) in [5, 5.41) is 1.23. The zero-order valence-corrected chi connectivity index (χ0v) is 13.2. The van der Waals surface area contributed by atoms with Gasteiger partial charge in [-0.1, -0.05) is 36.0 Å². The third-order valence-electron chi connectivity index (χ3n) is 4.00. The van der Waals surface area contributed by atoms with Crippen molar-refractivity contribution in [3.63, 3.8) is 0 Å². The number of rotatable bonds is 4. The van der Waals surface area contributed by atoms with Gasteiger partial charge in [-0.15, -0.1) is 0 Å². The predicted molar refractivity (Wildman–Crippen MR) is 83.5 cm³/mol. The van der Waals surface area contributed by atoms with Crippen molar-refractivity contribution in [3.05, 3.63) is 34.2 Å². The maximum Gasteiger partial charge on any atom is 0.156 e. The maximum absolute atomic E-state index is 6.17. The summed E-state index contributed by atoms with van der Waals surface area (Å²) in [6.07, 6.45) is 9.38. The van der Waals surface area contributed by atoms with Crippen molar-refractivity contribution < 1.29 is 0 Å². The van der Waals surface area contributed by atoms with Gasteiger partial charge in [-0.25, -0.2) is 4.98 Å². The van der Waals surface area contributed by atoms with E-state index in [1.54, 1.807) is 6.07 Å². The van der Waals surface area contributed by atoms with Crippen LogP contribution in [-0.4, -0.2) is 27.9 Å². The molecule has 0 saturated heterocycles. The summed E-state index contributed by atoms with van der Waals surface area (Å²) in [4.78, 5) is 6.95. The van der Waals surface area contributed by atoms with Crippen LogP contribution in [0.5, 0.6) is 0 Å². The first-order chi connectivity index (χ1) is 9.61. The monoisotopic (exact) mass is 311 g/mol. The lowest BCUT2D eigenvalue weighted by molar-refractivity contribution is 0.269. The van der Waals surface area contributed by atoms with Gasteiger partial charge in [0.1, 0.15) is 0 Å². The van der Waals surface area contributed by atoms with Gasteiger partial charge in [0.15, 0.2) is 5.65 Å². The predicted octanol–water partition coefficient (Wildman–Crippen LogP) is 4.26. The molecule has 0 bridgehead atoms. The van der Waals surface area contributed by atoms with Crippen LogP contribution in [0.3, 0.4) is 0 Å². The second-order valence-electron chi connectivity index (χ2n) is 5.82. The number of pyridine rings is 1. The quantitative estimate of drug-likeness (QED) is 0.841. The standard InChI is InChI=1S/C15H19Cl2N3/c1-19(7-11-4-2-3-5-11)9-13-10-20-8-12(16)6-14(17)15(20)18-13/h6,8,10-11H,2-5,7,9H2,1H3. The van der Waals surface area contributed by atoms with E-state index in [1.807, 2.05) is 16.8 Å². The van der Waals surface area contributed by atoms with E-state index in [9.17, 15) is 0 Å². The number of nitrogens with zero attached hydrogens (tertiary/aromatic N) is 3. The molecule has 3 nitrogen and oxygen atoms in total. The SMILES string of the molecule is CN(Cc1cn2cc(Cl)cc(Cl)c2n1)CC1CCCC1. The Morgan fingerprint density at radius 1 is 1.30 bits per heavy atom. The molecule has 2 aromatic rings. The lowest BCUT2D eigenvalue weighted by atomic mass is 10.1. The smallest absolute Gasteiger partial charge is 0.156 e. The summed E-state index contributed by atoms with van der Waals surface area (Å²) >= 11 is 12.2. The number of fused-ring (bicyclic) bond motifs is 1. The molecule has 3 rings (SSSR count). The number of aromatic nitrogens is 2. The normalized spacial score (nSPS) is 16.6. The second kappa shape index (κ2) is 5.92. The van der Waals surface area contributed by atoms with Gasteiger partial charge in [-0.05, 0) is 31.9 Å². The molecule has 0 radical (unpaired) electrons. The molecule has 0 amide bonds. The molecule has 0 spiro atoms. The minimum absolute atomic E-state index is 0.599. The van der Waals surface area contributed by atoms with Crippen LogP contribution in [0.1, 0.15) is 31.4 Å². The first kappa shape index (κ1) is 14.2. The second-order valence-corrected chi connectivity index (χ2v) is 6.66. The highest BCUT2D eigenvalue weighted by Gasteiger charge is 2.17. The van der Waals surface area contributed by atoms with Crippen LogP contribution in [0, 0.1) is 5.92 Å². The zero-order chi connectivity index (χ0) is 14.1. The van der Waals surface area contributed by atoms with Crippen LogP contribution in [0.25, 0.3) is 5.65 Å². The summed E-state index contributed by atoms with van der Waals surface area (Å²) in [5.74, 6) is 0.857. The fourth-order valence-corrected chi connectivity index (χ4v) is 3.65. The van der Waals surface area contributed by atoms with E-state index >= 15 is 0 Å². The van der Waals surface area contributed by atoms with Gasteiger partial charge in [0.05, 0.1) is 15.7 Å². The summed E-state index contributed by atoms with van der Waals surface area (Å²) in [6.45, 7) is 2.01. The Bertz CT molecular complexity index is 602. The molecule has 0 N–H and O–H groups in total. The minimum Gasteiger partial charge on any atom is -0.304 e. The van der Waals surface area contributed by atoms with Crippen molar-refractivity contribution in [2.75, 3.05) is 13.6 Å². The van der Waals surface area contributed by atoms with Gasteiger partial charge in [0.25, 0.3) is 0 Å². The number of hydrogen-bond acceptors (Lipinski definition) is 2. The van der Waals surface area contributed by atoms with Gasteiger partial charge in [0, 0.05) is 25.5 Å². The van der Waals surface area contributed by atoms with Gasteiger partial charge < -0.3 is 9.30 Å². The van der Waals surface area contributed by atoms with E-state index in [-0.39, 0.29) is 0 Å². The van der Waals surface area contributed by atoms with Crippen molar-refractivity contribution in [3.8, 4) is 0 Å². The fourth-order valence-electron chi connectivity index (χ4n) is 3.13. The van der Waals surface area contributed by atoms with Gasteiger partial charge in [0.2, 0.25) is 0 Å². The third-order valence-corrected chi connectivity index (χ3v) is 4.48. The van der Waals surface area contributed by atoms with Crippen LogP contribution >= 0.6 is 23.2 Å². The van der Waals surface area contributed by atoms with E-state index in [2.05, 4.69) is 16.9 Å².